The minimum Gasteiger partial charge on any atom is -0.480 e. The number of nitrogens with two attached hydrogens (primary N) is 2. The molecule has 4 atom stereocenters. The van der Waals surface area contributed by atoms with E-state index < -0.39 is 53.8 Å². The zero-order valence-corrected chi connectivity index (χ0v) is 22.1. The molecule has 0 bridgehead atoms. The summed E-state index contributed by atoms with van der Waals surface area (Å²) >= 11 is 0. The average molecular weight is 540 g/mol. The SMILES string of the molecule is CC(C)C(N)C(=O)NC(Cc1ccccc1)C(=O)NC(CCC(N)=O)C(=O)NC(Cc1ccccc1)C(=O)O. The first kappa shape index (κ1) is 31.0. The number of amides is 4. The Labute approximate surface area is 227 Å². The van der Waals surface area contributed by atoms with Gasteiger partial charge in [0.15, 0.2) is 0 Å². The first-order valence-electron chi connectivity index (χ1n) is 12.7. The lowest BCUT2D eigenvalue weighted by atomic mass is 10.0. The molecule has 11 nitrogen and oxygen atoms in total. The first-order chi connectivity index (χ1) is 18.5. The Kier molecular flexibility index (Phi) is 12.1. The maximum Gasteiger partial charge on any atom is 0.326 e. The summed E-state index contributed by atoms with van der Waals surface area (Å²) in [5, 5.41) is 17.3. The molecular weight excluding hydrogens is 502 g/mol. The van der Waals surface area contributed by atoms with Gasteiger partial charge in [0.25, 0.3) is 0 Å². The molecule has 0 aliphatic heterocycles. The number of rotatable bonds is 15. The fourth-order valence-corrected chi connectivity index (χ4v) is 3.78. The largest absolute Gasteiger partial charge is 0.480 e. The van der Waals surface area contributed by atoms with E-state index >= 15 is 0 Å². The van der Waals surface area contributed by atoms with Crippen molar-refractivity contribution < 1.29 is 29.1 Å². The lowest BCUT2D eigenvalue weighted by Crippen LogP contribution is -2.58. The van der Waals surface area contributed by atoms with Gasteiger partial charge < -0.3 is 32.5 Å². The summed E-state index contributed by atoms with van der Waals surface area (Å²) in [6.07, 6.45) is -0.276. The standard InChI is InChI=1S/C28H37N5O6/c1-17(2)24(30)27(37)32-21(15-18-9-5-3-6-10-18)26(36)31-20(13-14-23(29)34)25(35)33-22(28(38)39)16-19-11-7-4-8-12-19/h3-12,17,20-22,24H,13-16,30H2,1-2H3,(H2,29,34)(H,31,36)(H,32,37)(H,33,35)(H,38,39). The van der Waals surface area contributed by atoms with Gasteiger partial charge in [-0.1, -0.05) is 74.5 Å². The molecule has 0 fully saturated rings. The second-order valence-corrected chi connectivity index (χ2v) is 9.68. The second kappa shape index (κ2) is 15.2. The van der Waals surface area contributed by atoms with Gasteiger partial charge >= 0.3 is 5.97 Å². The monoisotopic (exact) mass is 539 g/mol. The molecule has 2 rings (SSSR count). The van der Waals surface area contributed by atoms with E-state index in [-0.39, 0.29) is 31.6 Å². The third-order valence-corrected chi connectivity index (χ3v) is 6.15. The minimum atomic E-state index is -1.28. The summed E-state index contributed by atoms with van der Waals surface area (Å²) in [6, 6.07) is 13.2. The highest BCUT2D eigenvalue weighted by molar-refractivity contribution is 5.94. The van der Waals surface area contributed by atoms with E-state index in [0.29, 0.717) is 5.56 Å². The van der Waals surface area contributed by atoms with Gasteiger partial charge in [0.2, 0.25) is 23.6 Å². The highest BCUT2D eigenvalue weighted by Gasteiger charge is 2.31. The Morgan fingerprint density at radius 3 is 1.62 bits per heavy atom. The van der Waals surface area contributed by atoms with Gasteiger partial charge in [-0.05, 0) is 23.5 Å². The average Bonchev–Trinajstić information content (AvgIpc) is 2.90. The lowest BCUT2D eigenvalue weighted by Gasteiger charge is -2.26. The summed E-state index contributed by atoms with van der Waals surface area (Å²) in [7, 11) is 0. The van der Waals surface area contributed by atoms with Crippen LogP contribution >= 0.6 is 0 Å². The van der Waals surface area contributed by atoms with Crippen LogP contribution in [0.25, 0.3) is 0 Å². The number of aliphatic carboxylic acids is 1. The van der Waals surface area contributed by atoms with E-state index in [9.17, 15) is 29.1 Å². The predicted octanol–water partition coefficient (Wildman–Crippen LogP) is 0.260. The van der Waals surface area contributed by atoms with E-state index in [2.05, 4.69) is 16.0 Å². The van der Waals surface area contributed by atoms with Crippen molar-refractivity contribution in [3.63, 3.8) is 0 Å². The maximum atomic E-state index is 13.4. The van der Waals surface area contributed by atoms with Crippen molar-refractivity contribution in [3.8, 4) is 0 Å². The highest BCUT2D eigenvalue weighted by atomic mass is 16.4. The Hall–Kier alpha value is -4.25. The molecule has 0 saturated heterocycles. The molecule has 0 aliphatic rings. The van der Waals surface area contributed by atoms with Crippen molar-refractivity contribution in [2.24, 2.45) is 17.4 Å². The van der Waals surface area contributed by atoms with Gasteiger partial charge in [-0.15, -0.1) is 0 Å². The second-order valence-electron chi connectivity index (χ2n) is 9.68. The summed E-state index contributed by atoms with van der Waals surface area (Å²) in [4.78, 5) is 62.5. The number of hydrogen-bond donors (Lipinski definition) is 6. The fourth-order valence-electron chi connectivity index (χ4n) is 3.78. The third-order valence-electron chi connectivity index (χ3n) is 6.15. The zero-order chi connectivity index (χ0) is 28.9. The molecule has 39 heavy (non-hydrogen) atoms. The van der Waals surface area contributed by atoms with Crippen LogP contribution in [-0.2, 0) is 36.8 Å². The smallest absolute Gasteiger partial charge is 0.326 e. The van der Waals surface area contributed by atoms with Crippen LogP contribution in [0.5, 0.6) is 0 Å². The van der Waals surface area contributed by atoms with Crippen molar-refractivity contribution >= 4 is 29.6 Å². The lowest BCUT2D eigenvalue weighted by molar-refractivity contribution is -0.142. The van der Waals surface area contributed by atoms with Gasteiger partial charge in [0.1, 0.15) is 18.1 Å². The normalized spacial score (nSPS) is 13.9. The zero-order valence-electron chi connectivity index (χ0n) is 22.1. The van der Waals surface area contributed by atoms with Gasteiger partial charge in [0.05, 0.1) is 6.04 Å². The maximum absolute atomic E-state index is 13.4. The van der Waals surface area contributed by atoms with Crippen LogP contribution in [0.4, 0.5) is 0 Å². The molecule has 2 aromatic carbocycles. The Morgan fingerprint density at radius 2 is 1.15 bits per heavy atom. The molecule has 0 spiro atoms. The van der Waals surface area contributed by atoms with E-state index in [1.807, 2.05) is 6.07 Å². The number of carboxylic acid groups (broad SMARTS) is 1. The molecule has 8 N–H and O–H groups in total. The Balaban J connectivity index is 2.24. The van der Waals surface area contributed by atoms with Crippen molar-refractivity contribution in [1.82, 2.24) is 16.0 Å². The van der Waals surface area contributed by atoms with Crippen LogP contribution in [0.1, 0.15) is 37.8 Å². The highest BCUT2D eigenvalue weighted by Crippen LogP contribution is 2.09. The summed E-state index contributed by atoms with van der Waals surface area (Å²) in [5.74, 6) is -4.16. The molecular formula is C28H37N5O6. The van der Waals surface area contributed by atoms with Gasteiger partial charge in [0, 0.05) is 19.3 Å². The molecule has 2 aromatic rings. The van der Waals surface area contributed by atoms with Crippen LogP contribution in [0.3, 0.4) is 0 Å². The number of carbonyl (C=O) groups excluding carboxylic acids is 4. The van der Waals surface area contributed by atoms with Crippen LogP contribution < -0.4 is 27.4 Å². The molecule has 0 radical (unpaired) electrons. The third kappa shape index (κ3) is 10.6. The first-order valence-corrected chi connectivity index (χ1v) is 12.7. The number of carbonyl (C=O) groups is 5. The summed E-state index contributed by atoms with van der Waals surface area (Å²) in [5.41, 5.74) is 12.7. The van der Waals surface area contributed by atoms with Crippen LogP contribution in [-0.4, -0.2) is 58.9 Å². The van der Waals surface area contributed by atoms with Crippen molar-refractivity contribution in [2.75, 3.05) is 0 Å². The van der Waals surface area contributed by atoms with E-state index in [0.717, 1.165) is 5.56 Å². The van der Waals surface area contributed by atoms with E-state index in [1.165, 1.54) is 0 Å². The van der Waals surface area contributed by atoms with Gasteiger partial charge in [-0.2, -0.15) is 0 Å². The quantitative estimate of drug-likeness (QED) is 0.187. The molecule has 4 amide bonds. The summed E-state index contributed by atoms with van der Waals surface area (Å²) in [6.45, 7) is 3.55. The van der Waals surface area contributed by atoms with Crippen LogP contribution in [0, 0.1) is 5.92 Å². The van der Waals surface area contributed by atoms with Gasteiger partial charge in [-0.25, -0.2) is 4.79 Å². The number of primary amides is 1. The van der Waals surface area contributed by atoms with Crippen LogP contribution in [0.2, 0.25) is 0 Å². The van der Waals surface area contributed by atoms with Crippen LogP contribution in [0.15, 0.2) is 60.7 Å². The molecule has 4 unspecified atom stereocenters. The molecule has 0 saturated carbocycles. The fraction of sp³-hybridized carbons (Fsp3) is 0.393. The van der Waals surface area contributed by atoms with Crippen molar-refractivity contribution in [1.29, 1.82) is 0 Å². The molecule has 210 valence electrons. The Bertz CT molecular complexity index is 1130. The topological polar surface area (TPSA) is 194 Å². The Morgan fingerprint density at radius 1 is 0.718 bits per heavy atom. The molecule has 0 heterocycles. The van der Waals surface area contributed by atoms with E-state index in [4.69, 9.17) is 11.5 Å². The van der Waals surface area contributed by atoms with Crippen molar-refractivity contribution in [2.45, 2.75) is 63.7 Å². The number of nitrogens with one attached hydrogen (secondary N) is 3. The molecule has 11 heteroatoms. The van der Waals surface area contributed by atoms with Gasteiger partial charge in [-0.3, -0.25) is 19.2 Å². The van der Waals surface area contributed by atoms with E-state index in [1.54, 1.807) is 68.4 Å². The number of benzene rings is 2. The molecule has 0 aliphatic carbocycles. The predicted molar refractivity (Wildman–Crippen MR) is 145 cm³/mol. The minimum absolute atomic E-state index is 0.0121. The number of hydrogen-bond acceptors (Lipinski definition) is 6. The van der Waals surface area contributed by atoms with Crippen molar-refractivity contribution in [3.05, 3.63) is 71.8 Å². The molecule has 0 aromatic heterocycles. The number of carboxylic acids is 1. The summed E-state index contributed by atoms with van der Waals surface area (Å²) < 4.78 is 0.